The molecule has 5 heteroatoms. The summed E-state index contributed by atoms with van der Waals surface area (Å²) in [5.41, 5.74) is 0.0162. The number of hydrogen-bond donors (Lipinski definition) is 1. The van der Waals surface area contributed by atoms with Crippen molar-refractivity contribution < 1.29 is 13.6 Å². The maximum atomic E-state index is 13.3. The van der Waals surface area contributed by atoms with Gasteiger partial charge in [-0.15, -0.1) is 0 Å². The van der Waals surface area contributed by atoms with Crippen molar-refractivity contribution in [2.24, 2.45) is 0 Å². The molecule has 0 radical (unpaired) electrons. The molecular weight excluding hydrogens is 226 g/mol. The monoisotopic (exact) mass is 240 g/mol. The first-order valence-corrected chi connectivity index (χ1v) is 5.53. The van der Waals surface area contributed by atoms with Crippen molar-refractivity contribution in [2.45, 2.75) is 18.9 Å². The van der Waals surface area contributed by atoms with Gasteiger partial charge in [0.1, 0.15) is 0 Å². The number of nitrogens with one attached hydrogen (secondary N) is 1. The van der Waals surface area contributed by atoms with Crippen LogP contribution in [0.3, 0.4) is 0 Å². The molecule has 0 aliphatic heterocycles. The second-order valence-corrected chi connectivity index (χ2v) is 4.19. The first-order valence-electron chi connectivity index (χ1n) is 5.53. The minimum atomic E-state index is -0.950. The third-order valence-electron chi connectivity index (χ3n) is 2.87. The number of carbonyl (C=O) groups is 1. The summed E-state index contributed by atoms with van der Waals surface area (Å²) in [6.45, 7) is -0.0205. The van der Waals surface area contributed by atoms with Crippen LogP contribution in [0.25, 0.3) is 0 Å². The van der Waals surface area contributed by atoms with Crippen molar-refractivity contribution >= 4 is 11.6 Å². The standard InChI is InChI=1S/C12H14F2N2O/c1-16(8-5-6-8)11(17)7-15-10-4-2-3-9(13)12(10)14/h2-4,8,15H,5-7H2,1H3. The van der Waals surface area contributed by atoms with Crippen LogP contribution in [-0.4, -0.2) is 30.4 Å². The quantitative estimate of drug-likeness (QED) is 0.873. The molecule has 1 aromatic rings. The fraction of sp³-hybridized carbons (Fsp3) is 0.417. The van der Waals surface area contributed by atoms with Crippen LogP contribution in [0.4, 0.5) is 14.5 Å². The minimum Gasteiger partial charge on any atom is -0.374 e. The van der Waals surface area contributed by atoms with Gasteiger partial charge in [-0.2, -0.15) is 0 Å². The summed E-state index contributed by atoms with van der Waals surface area (Å²) in [6, 6.07) is 4.17. The summed E-state index contributed by atoms with van der Waals surface area (Å²) in [6.07, 6.45) is 2.05. The maximum absolute atomic E-state index is 13.3. The summed E-state index contributed by atoms with van der Waals surface area (Å²) >= 11 is 0. The largest absolute Gasteiger partial charge is 0.374 e. The van der Waals surface area contributed by atoms with Gasteiger partial charge in [0.2, 0.25) is 5.91 Å². The van der Waals surface area contributed by atoms with Crippen LogP contribution in [-0.2, 0) is 4.79 Å². The molecule has 17 heavy (non-hydrogen) atoms. The molecule has 1 N–H and O–H groups in total. The van der Waals surface area contributed by atoms with Gasteiger partial charge in [0.15, 0.2) is 11.6 Å². The van der Waals surface area contributed by atoms with Crippen LogP contribution < -0.4 is 5.32 Å². The fourth-order valence-electron chi connectivity index (χ4n) is 1.60. The first-order chi connectivity index (χ1) is 8.09. The van der Waals surface area contributed by atoms with E-state index in [0.717, 1.165) is 18.9 Å². The predicted molar refractivity (Wildman–Crippen MR) is 60.6 cm³/mol. The van der Waals surface area contributed by atoms with Crippen molar-refractivity contribution in [3.63, 3.8) is 0 Å². The average molecular weight is 240 g/mol. The lowest BCUT2D eigenvalue weighted by Gasteiger charge is -2.17. The molecule has 0 bridgehead atoms. The molecule has 3 nitrogen and oxygen atoms in total. The Kier molecular flexibility index (Phi) is 3.26. The van der Waals surface area contributed by atoms with Crippen molar-refractivity contribution in [2.75, 3.05) is 18.9 Å². The van der Waals surface area contributed by atoms with Crippen LogP contribution in [0.2, 0.25) is 0 Å². The molecule has 1 aromatic carbocycles. The minimum absolute atomic E-state index is 0.0162. The predicted octanol–water partition coefficient (Wildman–Crippen LogP) is 2.00. The Morgan fingerprint density at radius 2 is 2.18 bits per heavy atom. The topological polar surface area (TPSA) is 32.3 Å². The number of rotatable bonds is 4. The average Bonchev–Trinajstić information content (AvgIpc) is 3.13. The molecule has 1 aliphatic carbocycles. The van der Waals surface area contributed by atoms with Crippen LogP contribution >= 0.6 is 0 Å². The van der Waals surface area contributed by atoms with E-state index in [2.05, 4.69) is 5.32 Å². The summed E-state index contributed by atoms with van der Waals surface area (Å²) in [4.78, 5) is 13.3. The molecule has 1 aliphatic rings. The first kappa shape index (κ1) is 11.8. The third-order valence-corrected chi connectivity index (χ3v) is 2.87. The summed E-state index contributed by atoms with van der Waals surface area (Å²) in [5, 5.41) is 2.61. The van der Waals surface area contributed by atoms with Crippen molar-refractivity contribution in [1.82, 2.24) is 4.90 Å². The Balaban J connectivity index is 1.93. The highest BCUT2D eigenvalue weighted by molar-refractivity contribution is 5.81. The zero-order chi connectivity index (χ0) is 12.4. The van der Waals surface area contributed by atoms with E-state index in [1.807, 2.05) is 0 Å². The zero-order valence-corrected chi connectivity index (χ0v) is 9.54. The summed E-state index contributed by atoms with van der Waals surface area (Å²) < 4.78 is 26.2. The number of carbonyl (C=O) groups excluding carboxylic acids is 1. The highest BCUT2D eigenvalue weighted by Gasteiger charge is 2.29. The van der Waals surface area contributed by atoms with Gasteiger partial charge in [-0.25, -0.2) is 8.78 Å². The van der Waals surface area contributed by atoms with Gasteiger partial charge in [-0.1, -0.05) is 6.07 Å². The third kappa shape index (κ3) is 2.72. The van der Waals surface area contributed by atoms with E-state index in [0.29, 0.717) is 6.04 Å². The normalized spacial score (nSPS) is 14.5. The number of halogens is 2. The van der Waals surface area contributed by atoms with Crippen LogP contribution in [0.1, 0.15) is 12.8 Å². The molecule has 0 atom stereocenters. The molecule has 0 saturated heterocycles. The van der Waals surface area contributed by atoms with Crippen LogP contribution in [0.15, 0.2) is 18.2 Å². The molecule has 0 heterocycles. The second-order valence-electron chi connectivity index (χ2n) is 4.19. The van der Waals surface area contributed by atoms with Gasteiger partial charge < -0.3 is 10.2 Å². The lowest BCUT2D eigenvalue weighted by atomic mass is 10.3. The SMILES string of the molecule is CN(C(=O)CNc1cccc(F)c1F)C1CC1. The lowest BCUT2D eigenvalue weighted by Crippen LogP contribution is -2.33. The molecular formula is C12H14F2N2O. The lowest BCUT2D eigenvalue weighted by molar-refractivity contribution is -0.128. The number of nitrogens with zero attached hydrogens (tertiary/aromatic N) is 1. The van der Waals surface area contributed by atoms with Gasteiger partial charge in [0.05, 0.1) is 12.2 Å². The molecule has 92 valence electrons. The van der Waals surface area contributed by atoms with E-state index in [4.69, 9.17) is 0 Å². The van der Waals surface area contributed by atoms with Crippen molar-refractivity contribution in [3.05, 3.63) is 29.8 Å². The van der Waals surface area contributed by atoms with E-state index in [1.54, 1.807) is 11.9 Å². The van der Waals surface area contributed by atoms with E-state index >= 15 is 0 Å². The number of anilines is 1. The highest BCUT2D eigenvalue weighted by Crippen LogP contribution is 2.25. The number of amides is 1. The van der Waals surface area contributed by atoms with E-state index in [1.165, 1.54) is 12.1 Å². The van der Waals surface area contributed by atoms with E-state index in [-0.39, 0.29) is 18.1 Å². The smallest absolute Gasteiger partial charge is 0.241 e. The number of likely N-dealkylation sites (N-methyl/N-ethyl adjacent to an activating group) is 1. The molecule has 1 fully saturated rings. The van der Waals surface area contributed by atoms with Crippen LogP contribution in [0.5, 0.6) is 0 Å². The maximum Gasteiger partial charge on any atom is 0.241 e. The number of benzene rings is 1. The molecule has 0 spiro atoms. The second kappa shape index (κ2) is 4.69. The molecule has 0 unspecified atom stereocenters. The van der Waals surface area contributed by atoms with E-state index in [9.17, 15) is 13.6 Å². The van der Waals surface area contributed by atoms with Gasteiger partial charge in [0, 0.05) is 13.1 Å². The summed E-state index contributed by atoms with van der Waals surface area (Å²) in [5.74, 6) is -1.98. The van der Waals surface area contributed by atoms with Crippen molar-refractivity contribution in [3.8, 4) is 0 Å². The Labute approximate surface area is 98.4 Å². The van der Waals surface area contributed by atoms with Crippen molar-refractivity contribution in [1.29, 1.82) is 0 Å². The molecule has 2 rings (SSSR count). The summed E-state index contributed by atoms with van der Waals surface area (Å²) in [7, 11) is 1.73. The van der Waals surface area contributed by atoms with Gasteiger partial charge in [-0.05, 0) is 25.0 Å². The zero-order valence-electron chi connectivity index (χ0n) is 9.54. The highest BCUT2D eigenvalue weighted by atomic mass is 19.2. The Hall–Kier alpha value is -1.65. The molecule has 1 amide bonds. The van der Waals surface area contributed by atoms with E-state index < -0.39 is 11.6 Å². The Morgan fingerprint density at radius 3 is 2.82 bits per heavy atom. The Bertz CT molecular complexity index is 433. The van der Waals surface area contributed by atoms with Gasteiger partial charge in [0.25, 0.3) is 0 Å². The molecule has 1 saturated carbocycles. The fourth-order valence-corrected chi connectivity index (χ4v) is 1.60. The number of hydrogen-bond acceptors (Lipinski definition) is 2. The van der Waals surface area contributed by atoms with Crippen LogP contribution in [0, 0.1) is 11.6 Å². The van der Waals surface area contributed by atoms with Gasteiger partial charge >= 0.3 is 0 Å². The van der Waals surface area contributed by atoms with Gasteiger partial charge in [-0.3, -0.25) is 4.79 Å². The Morgan fingerprint density at radius 1 is 1.47 bits per heavy atom. The molecule has 0 aromatic heterocycles.